The Morgan fingerprint density at radius 3 is 2.26 bits per heavy atom. The van der Waals surface area contributed by atoms with E-state index in [2.05, 4.69) is 5.32 Å². The van der Waals surface area contributed by atoms with Crippen LogP contribution in [0.2, 0.25) is 10.0 Å². The average Bonchev–Trinajstić information content (AvgIpc) is 2.36. The lowest BCUT2D eigenvalue weighted by Gasteiger charge is -2.03. The van der Waals surface area contributed by atoms with Gasteiger partial charge >= 0.3 is 0 Å². The molecular weight excluding hydrogens is 281 g/mol. The van der Waals surface area contributed by atoms with Crippen LogP contribution in [0.15, 0.2) is 54.6 Å². The number of nitrogens with one attached hydrogen (secondary N) is 1. The first-order valence-corrected chi connectivity index (χ1v) is 6.39. The van der Waals surface area contributed by atoms with Gasteiger partial charge in [-0.05, 0) is 29.8 Å². The van der Waals surface area contributed by atoms with Crippen LogP contribution in [0.25, 0.3) is 6.08 Å². The highest BCUT2D eigenvalue weighted by Crippen LogP contribution is 2.22. The van der Waals surface area contributed by atoms with Crippen molar-refractivity contribution in [1.29, 1.82) is 0 Å². The number of anilines is 1. The Balaban J connectivity index is 2.03. The summed E-state index contributed by atoms with van der Waals surface area (Å²) >= 11 is 11.7. The van der Waals surface area contributed by atoms with Crippen molar-refractivity contribution in [2.24, 2.45) is 0 Å². The maximum Gasteiger partial charge on any atom is 0.248 e. The van der Waals surface area contributed by atoms with E-state index < -0.39 is 0 Å². The number of halogens is 2. The third kappa shape index (κ3) is 4.43. The number of carbonyl (C=O) groups is 1. The van der Waals surface area contributed by atoms with Crippen LogP contribution < -0.4 is 5.32 Å². The third-order valence-electron chi connectivity index (χ3n) is 2.36. The van der Waals surface area contributed by atoms with Crippen molar-refractivity contribution in [2.75, 3.05) is 5.32 Å². The summed E-state index contributed by atoms with van der Waals surface area (Å²) in [6, 6.07) is 14.5. The highest BCUT2D eigenvalue weighted by Gasteiger charge is 2.01. The molecule has 0 atom stereocenters. The van der Waals surface area contributed by atoms with E-state index in [4.69, 9.17) is 23.2 Å². The fourth-order valence-corrected chi connectivity index (χ4v) is 2.07. The molecule has 0 spiro atoms. The lowest BCUT2D eigenvalue weighted by atomic mass is 10.2. The molecule has 0 radical (unpaired) electrons. The van der Waals surface area contributed by atoms with Gasteiger partial charge in [-0.25, -0.2) is 0 Å². The highest BCUT2D eigenvalue weighted by molar-refractivity contribution is 6.35. The maximum absolute atomic E-state index is 11.7. The van der Waals surface area contributed by atoms with Gasteiger partial charge in [0.25, 0.3) is 0 Å². The first-order valence-electron chi connectivity index (χ1n) is 5.64. The minimum absolute atomic E-state index is 0.234. The van der Waals surface area contributed by atoms with Crippen molar-refractivity contribution in [1.82, 2.24) is 0 Å². The lowest BCUT2D eigenvalue weighted by molar-refractivity contribution is -0.111. The van der Waals surface area contributed by atoms with Crippen molar-refractivity contribution >= 4 is 40.9 Å². The molecule has 0 aliphatic heterocycles. The smallest absolute Gasteiger partial charge is 0.248 e. The van der Waals surface area contributed by atoms with Crippen molar-refractivity contribution in [3.8, 4) is 0 Å². The van der Waals surface area contributed by atoms with Crippen LogP contribution in [0.4, 0.5) is 5.69 Å². The third-order valence-corrected chi connectivity index (χ3v) is 2.79. The van der Waals surface area contributed by atoms with Crippen molar-refractivity contribution in [2.45, 2.75) is 0 Å². The van der Waals surface area contributed by atoms with Gasteiger partial charge in [-0.15, -0.1) is 0 Å². The topological polar surface area (TPSA) is 29.1 Å². The predicted octanol–water partition coefficient (Wildman–Crippen LogP) is 4.65. The number of benzene rings is 2. The molecule has 4 heteroatoms. The fraction of sp³-hybridized carbons (Fsp3) is 0. The molecule has 0 aromatic heterocycles. The Hall–Kier alpha value is -1.77. The quantitative estimate of drug-likeness (QED) is 0.820. The first-order chi connectivity index (χ1) is 9.13. The van der Waals surface area contributed by atoms with Gasteiger partial charge in [0.05, 0.1) is 0 Å². The number of amides is 1. The summed E-state index contributed by atoms with van der Waals surface area (Å²) in [5.41, 5.74) is 1.53. The Kier molecular flexibility index (Phi) is 4.61. The van der Waals surface area contributed by atoms with Gasteiger partial charge in [0.15, 0.2) is 0 Å². The Bertz CT molecular complexity index is 589. The summed E-state index contributed by atoms with van der Waals surface area (Å²) in [7, 11) is 0. The molecule has 0 saturated heterocycles. The fourth-order valence-electron chi connectivity index (χ4n) is 1.55. The van der Waals surface area contributed by atoms with Crippen LogP contribution in [0.3, 0.4) is 0 Å². The van der Waals surface area contributed by atoms with Gasteiger partial charge in [-0.3, -0.25) is 4.79 Å². The lowest BCUT2D eigenvalue weighted by Crippen LogP contribution is -2.07. The van der Waals surface area contributed by atoms with E-state index in [0.717, 1.165) is 5.56 Å². The standard InChI is InChI=1S/C15H11Cl2NO/c16-12-8-13(17)10-14(9-12)18-15(19)7-6-11-4-2-1-3-5-11/h1-10H,(H,18,19)/b7-6-. The van der Waals surface area contributed by atoms with E-state index in [-0.39, 0.29) is 5.91 Å². The Morgan fingerprint density at radius 1 is 1.00 bits per heavy atom. The summed E-state index contributed by atoms with van der Waals surface area (Å²) in [6.45, 7) is 0. The van der Waals surface area contributed by atoms with Crippen LogP contribution in [-0.2, 0) is 4.79 Å². The molecule has 0 aliphatic carbocycles. The minimum atomic E-state index is -0.234. The van der Waals surface area contributed by atoms with Crippen LogP contribution >= 0.6 is 23.2 Å². The van der Waals surface area contributed by atoms with Crippen LogP contribution in [-0.4, -0.2) is 5.91 Å². The molecule has 0 bridgehead atoms. The average molecular weight is 292 g/mol. The van der Waals surface area contributed by atoms with Crippen molar-refractivity contribution in [3.63, 3.8) is 0 Å². The van der Waals surface area contributed by atoms with Gasteiger partial charge in [-0.1, -0.05) is 53.5 Å². The summed E-state index contributed by atoms with van der Waals surface area (Å²) < 4.78 is 0. The summed E-state index contributed by atoms with van der Waals surface area (Å²) in [5.74, 6) is -0.234. The van der Waals surface area contributed by atoms with Crippen LogP contribution in [0, 0.1) is 0 Å². The molecule has 2 aromatic rings. The number of hydrogen-bond donors (Lipinski definition) is 1. The molecule has 1 amide bonds. The number of hydrogen-bond acceptors (Lipinski definition) is 1. The van der Waals surface area contributed by atoms with E-state index in [1.165, 1.54) is 6.08 Å². The zero-order valence-corrected chi connectivity index (χ0v) is 11.4. The van der Waals surface area contributed by atoms with E-state index in [0.29, 0.717) is 15.7 Å². The number of carbonyl (C=O) groups excluding carboxylic acids is 1. The van der Waals surface area contributed by atoms with E-state index in [9.17, 15) is 4.79 Å². The molecule has 2 rings (SSSR count). The van der Waals surface area contributed by atoms with Gasteiger partial charge in [0, 0.05) is 21.8 Å². The normalized spacial score (nSPS) is 10.6. The van der Waals surface area contributed by atoms with E-state index in [1.54, 1.807) is 24.3 Å². The van der Waals surface area contributed by atoms with Gasteiger partial charge in [-0.2, -0.15) is 0 Å². The van der Waals surface area contributed by atoms with E-state index >= 15 is 0 Å². The Labute approximate surface area is 121 Å². The molecule has 0 aliphatic rings. The van der Waals surface area contributed by atoms with Crippen molar-refractivity contribution < 1.29 is 4.79 Å². The monoisotopic (exact) mass is 291 g/mol. The highest BCUT2D eigenvalue weighted by atomic mass is 35.5. The molecule has 0 heterocycles. The molecule has 0 fully saturated rings. The van der Waals surface area contributed by atoms with Crippen molar-refractivity contribution in [3.05, 3.63) is 70.2 Å². The summed E-state index contributed by atoms with van der Waals surface area (Å²) in [5, 5.41) is 3.66. The molecule has 0 unspecified atom stereocenters. The molecule has 2 aromatic carbocycles. The molecule has 19 heavy (non-hydrogen) atoms. The first kappa shape index (κ1) is 13.7. The van der Waals surface area contributed by atoms with Crippen LogP contribution in [0.1, 0.15) is 5.56 Å². The largest absolute Gasteiger partial charge is 0.322 e. The second-order valence-electron chi connectivity index (χ2n) is 3.89. The SMILES string of the molecule is O=C(/C=C\c1ccccc1)Nc1cc(Cl)cc(Cl)c1. The zero-order chi connectivity index (χ0) is 13.7. The van der Waals surface area contributed by atoms with E-state index in [1.807, 2.05) is 30.3 Å². The summed E-state index contributed by atoms with van der Waals surface area (Å²) in [4.78, 5) is 11.7. The summed E-state index contributed by atoms with van der Waals surface area (Å²) in [6.07, 6.45) is 3.20. The predicted molar refractivity (Wildman–Crippen MR) is 80.6 cm³/mol. The van der Waals surface area contributed by atoms with Gasteiger partial charge in [0.1, 0.15) is 0 Å². The maximum atomic E-state index is 11.7. The second kappa shape index (κ2) is 6.41. The Morgan fingerprint density at radius 2 is 1.63 bits per heavy atom. The minimum Gasteiger partial charge on any atom is -0.322 e. The molecule has 1 N–H and O–H groups in total. The zero-order valence-electron chi connectivity index (χ0n) is 9.94. The number of rotatable bonds is 3. The molecule has 0 saturated carbocycles. The molecule has 2 nitrogen and oxygen atoms in total. The van der Waals surface area contributed by atoms with Gasteiger partial charge in [0.2, 0.25) is 5.91 Å². The van der Waals surface area contributed by atoms with Crippen LogP contribution in [0.5, 0.6) is 0 Å². The van der Waals surface area contributed by atoms with Gasteiger partial charge < -0.3 is 5.32 Å². The molecule has 96 valence electrons. The second-order valence-corrected chi connectivity index (χ2v) is 4.76. The molecular formula is C15H11Cl2NO.